The SMILES string of the molecule is CC(C)(C)C(/C=C/c1ccc(Cl)cc1Cl)N=C1NC(=S)N(c2ccc(Cl)cc2)C1(C)C. The molecule has 3 nitrogen and oxygen atoms in total. The van der Waals surface area contributed by atoms with Gasteiger partial charge in [-0.15, -0.1) is 0 Å². The van der Waals surface area contributed by atoms with Crippen LogP contribution >= 0.6 is 47.0 Å². The van der Waals surface area contributed by atoms with Gasteiger partial charge in [-0.1, -0.05) is 73.8 Å². The third-order valence-corrected chi connectivity index (χ3v) is 6.33. The monoisotopic (exact) mass is 493 g/mol. The number of anilines is 1. The van der Waals surface area contributed by atoms with E-state index < -0.39 is 5.54 Å². The van der Waals surface area contributed by atoms with Crippen molar-refractivity contribution in [3.63, 3.8) is 0 Å². The smallest absolute Gasteiger partial charge is 0.179 e. The van der Waals surface area contributed by atoms with Crippen LogP contribution in [0.3, 0.4) is 0 Å². The Labute approximate surface area is 205 Å². The molecule has 1 fully saturated rings. The van der Waals surface area contributed by atoms with Crippen molar-refractivity contribution in [3.05, 3.63) is 69.2 Å². The van der Waals surface area contributed by atoms with Crippen LogP contribution in [0.5, 0.6) is 0 Å². The average molecular weight is 495 g/mol. The van der Waals surface area contributed by atoms with Crippen molar-refractivity contribution in [2.24, 2.45) is 10.4 Å². The average Bonchev–Trinajstić information content (AvgIpc) is 2.88. The lowest BCUT2D eigenvalue weighted by molar-refractivity contribution is 0.367. The van der Waals surface area contributed by atoms with Crippen LogP contribution in [-0.2, 0) is 0 Å². The highest BCUT2D eigenvalue weighted by Crippen LogP contribution is 2.33. The molecular weight excluding hydrogens is 469 g/mol. The first kappa shape index (κ1) is 24.1. The Morgan fingerprint density at radius 2 is 1.65 bits per heavy atom. The molecule has 1 N–H and O–H groups in total. The molecule has 0 radical (unpaired) electrons. The molecule has 1 saturated heterocycles. The summed E-state index contributed by atoms with van der Waals surface area (Å²) < 4.78 is 0. The quantitative estimate of drug-likeness (QED) is 0.442. The van der Waals surface area contributed by atoms with E-state index in [1.807, 2.05) is 42.5 Å². The van der Waals surface area contributed by atoms with Gasteiger partial charge in [0.15, 0.2) is 5.11 Å². The molecule has 0 saturated carbocycles. The number of thiocarbonyl (C=S) groups is 1. The Balaban J connectivity index is 1.96. The van der Waals surface area contributed by atoms with Gasteiger partial charge in [0, 0.05) is 20.8 Å². The lowest BCUT2D eigenvalue weighted by Gasteiger charge is -2.32. The van der Waals surface area contributed by atoms with Crippen LogP contribution < -0.4 is 10.2 Å². The number of benzene rings is 2. The zero-order valence-corrected chi connectivity index (χ0v) is 21.3. The number of amidine groups is 1. The minimum atomic E-state index is -0.444. The van der Waals surface area contributed by atoms with E-state index in [0.29, 0.717) is 20.2 Å². The number of nitrogens with zero attached hydrogens (tertiary/aromatic N) is 2. The Bertz CT molecular complexity index is 1040. The standard InChI is InChI=1S/C24H26Cl3N3S/c1-23(2,3)20(13-7-15-6-8-17(26)14-19(15)27)28-21-24(4,5)30(22(31)29-21)18-11-9-16(25)10-12-18/h6-14,20H,1-5H3,(H,28,29,31)/b13-7+. The van der Waals surface area contributed by atoms with Crippen LogP contribution in [-0.4, -0.2) is 22.5 Å². The lowest BCUT2D eigenvalue weighted by Crippen LogP contribution is -2.45. The van der Waals surface area contributed by atoms with Crippen molar-refractivity contribution < 1.29 is 0 Å². The Morgan fingerprint density at radius 1 is 1.03 bits per heavy atom. The normalized spacial score (nSPS) is 18.6. The van der Waals surface area contributed by atoms with Crippen molar-refractivity contribution >= 4 is 69.7 Å². The molecule has 2 aromatic carbocycles. The maximum absolute atomic E-state index is 6.34. The van der Waals surface area contributed by atoms with Crippen LogP contribution in [0.25, 0.3) is 6.08 Å². The second-order valence-electron chi connectivity index (χ2n) is 9.11. The summed E-state index contributed by atoms with van der Waals surface area (Å²) in [6.45, 7) is 10.7. The van der Waals surface area contributed by atoms with Gasteiger partial charge in [-0.3, -0.25) is 4.99 Å². The van der Waals surface area contributed by atoms with Crippen molar-refractivity contribution in [1.29, 1.82) is 0 Å². The van der Waals surface area contributed by atoms with Crippen molar-refractivity contribution in [2.45, 2.75) is 46.2 Å². The van der Waals surface area contributed by atoms with Crippen LogP contribution in [0, 0.1) is 5.41 Å². The Kier molecular flexibility index (Phi) is 7.07. The van der Waals surface area contributed by atoms with E-state index >= 15 is 0 Å². The van der Waals surface area contributed by atoms with E-state index in [0.717, 1.165) is 17.1 Å². The van der Waals surface area contributed by atoms with Gasteiger partial charge in [0.25, 0.3) is 0 Å². The Morgan fingerprint density at radius 3 is 2.23 bits per heavy atom. The number of halogens is 3. The van der Waals surface area contributed by atoms with Crippen molar-refractivity contribution in [3.8, 4) is 0 Å². The first-order valence-electron chi connectivity index (χ1n) is 9.98. The molecule has 164 valence electrons. The van der Waals surface area contributed by atoms with Gasteiger partial charge in [-0.2, -0.15) is 0 Å². The number of nitrogens with one attached hydrogen (secondary N) is 1. The maximum Gasteiger partial charge on any atom is 0.179 e. The largest absolute Gasteiger partial charge is 0.319 e. The number of aliphatic imine (C=N–C) groups is 1. The highest BCUT2D eigenvalue weighted by molar-refractivity contribution is 7.80. The molecule has 3 rings (SSSR count). The fourth-order valence-electron chi connectivity index (χ4n) is 3.39. The van der Waals surface area contributed by atoms with Gasteiger partial charge in [0.1, 0.15) is 5.84 Å². The van der Waals surface area contributed by atoms with E-state index in [-0.39, 0.29) is 11.5 Å². The van der Waals surface area contributed by atoms with E-state index in [1.54, 1.807) is 6.07 Å². The van der Waals surface area contributed by atoms with Gasteiger partial charge in [0.2, 0.25) is 0 Å². The molecule has 31 heavy (non-hydrogen) atoms. The van der Waals surface area contributed by atoms with E-state index in [1.165, 1.54) is 0 Å². The third-order valence-electron chi connectivity index (χ3n) is 5.23. The highest BCUT2D eigenvalue weighted by Gasteiger charge is 2.43. The van der Waals surface area contributed by atoms with Gasteiger partial charge < -0.3 is 10.2 Å². The molecule has 0 aliphatic carbocycles. The minimum Gasteiger partial charge on any atom is -0.319 e. The predicted molar refractivity (Wildman–Crippen MR) is 140 cm³/mol. The molecule has 0 spiro atoms. The summed E-state index contributed by atoms with van der Waals surface area (Å²) in [7, 11) is 0. The summed E-state index contributed by atoms with van der Waals surface area (Å²) in [5.74, 6) is 0.819. The lowest BCUT2D eigenvalue weighted by atomic mass is 9.86. The van der Waals surface area contributed by atoms with E-state index in [4.69, 9.17) is 52.0 Å². The summed E-state index contributed by atoms with van der Waals surface area (Å²) in [6.07, 6.45) is 4.07. The zero-order chi connectivity index (χ0) is 23.0. The molecule has 7 heteroatoms. The third kappa shape index (κ3) is 5.43. The van der Waals surface area contributed by atoms with Gasteiger partial charge >= 0.3 is 0 Å². The number of rotatable bonds is 4. The molecule has 2 aromatic rings. The molecule has 0 bridgehead atoms. The molecule has 1 heterocycles. The van der Waals surface area contributed by atoms with E-state index in [2.05, 4.69) is 50.9 Å². The summed E-state index contributed by atoms with van der Waals surface area (Å²) >= 11 is 24.1. The molecular formula is C24H26Cl3N3S. The number of hydrogen-bond donors (Lipinski definition) is 1. The first-order valence-corrected chi connectivity index (χ1v) is 11.5. The summed E-state index contributed by atoms with van der Waals surface area (Å²) in [6, 6.07) is 13.0. The first-order chi connectivity index (χ1) is 14.4. The zero-order valence-electron chi connectivity index (χ0n) is 18.2. The van der Waals surface area contributed by atoms with E-state index in [9.17, 15) is 0 Å². The fourth-order valence-corrected chi connectivity index (χ4v) is 4.41. The molecule has 0 amide bonds. The molecule has 1 unspecified atom stereocenters. The van der Waals surface area contributed by atoms with Crippen LogP contribution in [0.1, 0.15) is 40.2 Å². The highest BCUT2D eigenvalue weighted by atomic mass is 35.5. The van der Waals surface area contributed by atoms with Crippen LogP contribution in [0.15, 0.2) is 53.5 Å². The summed E-state index contributed by atoms with van der Waals surface area (Å²) in [4.78, 5) is 7.17. The van der Waals surface area contributed by atoms with Crippen LogP contribution in [0.4, 0.5) is 5.69 Å². The number of hydrogen-bond acceptors (Lipinski definition) is 2. The second kappa shape index (κ2) is 9.11. The maximum atomic E-state index is 6.34. The summed E-state index contributed by atoms with van der Waals surface area (Å²) in [5.41, 5.74) is 1.31. The van der Waals surface area contributed by atoms with Crippen molar-refractivity contribution in [1.82, 2.24) is 5.32 Å². The molecule has 0 aromatic heterocycles. The molecule has 1 aliphatic heterocycles. The van der Waals surface area contributed by atoms with Gasteiger partial charge in [-0.25, -0.2) is 0 Å². The molecule has 1 atom stereocenters. The fraction of sp³-hybridized carbons (Fsp3) is 0.333. The van der Waals surface area contributed by atoms with Gasteiger partial charge in [0.05, 0.1) is 11.6 Å². The van der Waals surface area contributed by atoms with Crippen LogP contribution in [0.2, 0.25) is 15.1 Å². The minimum absolute atomic E-state index is 0.103. The second-order valence-corrected chi connectivity index (χ2v) is 10.8. The topological polar surface area (TPSA) is 27.6 Å². The Hall–Kier alpha value is -1.59. The summed E-state index contributed by atoms with van der Waals surface area (Å²) in [5, 5.41) is 5.85. The van der Waals surface area contributed by atoms with Crippen molar-refractivity contribution in [2.75, 3.05) is 4.90 Å². The molecule has 1 aliphatic rings. The van der Waals surface area contributed by atoms with Gasteiger partial charge in [-0.05, 0) is 73.4 Å². The predicted octanol–water partition coefficient (Wildman–Crippen LogP) is 7.65.